The summed E-state index contributed by atoms with van der Waals surface area (Å²) < 4.78 is 4.97. The van der Waals surface area contributed by atoms with Crippen molar-refractivity contribution in [3.05, 3.63) is 0 Å². The van der Waals surface area contributed by atoms with Gasteiger partial charge in [0.25, 0.3) is 0 Å². The minimum atomic E-state index is -0.774. The topological polar surface area (TPSA) is 82.1 Å². The maximum absolute atomic E-state index is 11.9. The molecule has 0 unspecified atom stereocenters. The number of aliphatic carboxylic acids is 1. The predicted octanol–water partition coefficient (Wildman–Crippen LogP) is 0.605. The second-order valence-corrected chi connectivity index (χ2v) is 5.26. The lowest BCUT2D eigenvalue weighted by Gasteiger charge is -2.34. The van der Waals surface area contributed by atoms with Crippen LogP contribution in [-0.2, 0) is 9.53 Å². The number of rotatable bonds is 9. The summed E-state index contributed by atoms with van der Waals surface area (Å²) in [5.41, 5.74) is 0. The number of nitrogens with zero attached hydrogens (tertiary/aromatic N) is 2. The van der Waals surface area contributed by atoms with Crippen LogP contribution in [0.15, 0.2) is 0 Å². The number of hydrogen-bond acceptors (Lipinski definition) is 4. The molecule has 0 aromatic heterocycles. The average Bonchev–Trinajstić information content (AvgIpc) is 2.49. The van der Waals surface area contributed by atoms with E-state index in [0.717, 1.165) is 39.0 Å². The molecule has 2 amide bonds. The van der Waals surface area contributed by atoms with Crippen molar-refractivity contribution < 1.29 is 19.4 Å². The van der Waals surface area contributed by atoms with Crippen LogP contribution >= 0.6 is 0 Å². The molecule has 21 heavy (non-hydrogen) atoms. The van der Waals surface area contributed by atoms with Crippen molar-refractivity contribution in [3.8, 4) is 0 Å². The molecule has 0 atom stereocenters. The molecule has 7 heteroatoms. The van der Waals surface area contributed by atoms with Gasteiger partial charge in [-0.25, -0.2) is 4.79 Å². The van der Waals surface area contributed by atoms with Gasteiger partial charge in [-0.15, -0.1) is 0 Å². The molecule has 1 rings (SSSR count). The summed E-state index contributed by atoms with van der Waals surface area (Å²) in [7, 11) is 1.69. The highest BCUT2D eigenvalue weighted by Gasteiger charge is 2.20. The number of nitrogens with one attached hydrogen (secondary N) is 1. The van der Waals surface area contributed by atoms with E-state index >= 15 is 0 Å². The first kappa shape index (κ1) is 17.7. The summed E-state index contributed by atoms with van der Waals surface area (Å²) in [6, 6.07) is -0.0142. The number of unbranched alkanes of at least 4 members (excludes halogenated alkanes) is 2. The Morgan fingerprint density at radius 1 is 1.14 bits per heavy atom. The van der Waals surface area contributed by atoms with Crippen LogP contribution in [0.1, 0.15) is 25.7 Å². The second kappa shape index (κ2) is 10.4. The summed E-state index contributed by atoms with van der Waals surface area (Å²) in [5.74, 6) is -0.774. The molecule has 122 valence electrons. The van der Waals surface area contributed by atoms with Crippen LogP contribution in [0.5, 0.6) is 0 Å². The van der Waals surface area contributed by atoms with Crippen LogP contribution in [0.25, 0.3) is 0 Å². The average molecular weight is 301 g/mol. The van der Waals surface area contributed by atoms with Crippen molar-refractivity contribution in [1.29, 1.82) is 0 Å². The zero-order valence-electron chi connectivity index (χ0n) is 12.8. The first-order valence-electron chi connectivity index (χ1n) is 7.59. The molecule has 0 aliphatic carbocycles. The molecule has 1 aliphatic heterocycles. The maximum atomic E-state index is 11.9. The lowest BCUT2D eigenvalue weighted by molar-refractivity contribution is -0.137. The third-order valence-corrected chi connectivity index (χ3v) is 3.60. The summed E-state index contributed by atoms with van der Waals surface area (Å²) in [6.07, 6.45) is 3.20. The molecule has 2 N–H and O–H groups in total. The predicted molar refractivity (Wildman–Crippen MR) is 79.4 cm³/mol. The number of ether oxygens (including phenoxy) is 1. The van der Waals surface area contributed by atoms with Crippen LogP contribution in [0.3, 0.4) is 0 Å². The van der Waals surface area contributed by atoms with Gasteiger partial charge < -0.3 is 20.1 Å². The maximum Gasteiger partial charge on any atom is 0.317 e. The van der Waals surface area contributed by atoms with E-state index in [4.69, 9.17) is 9.84 Å². The Kier molecular flexibility index (Phi) is 8.77. The van der Waals surface area contributed by atoms with Gasteiger partial charge in [0.1, 0.15) is 0 Å². The third kappa shape index (κ3) is 7.87. The van der Waals surface area contributed by atoms with Crippen LogP contribution in [0.2, 0.25) is 0 Å². The number of carboxylic acid groups (broad SMARTS) is 1. The Morgan fingerprint density at radius 2 is 1.86 bits per heavy atom. The molecular formula is C14H27N3O4. The third-order valence-electron chi connectivity index (χ3n) is 3.60. The van der Waals surface area contributed by atoms with E-state index in [1.54, 1.807) is 12.0 Å². The zero-order valence-corrected chi connectivity index (χ0v) is 12.8. The largest absolute Gasteiger partial charge is 0.481 e. The number of amides is 2. The highest BCUT2D eigenvalue weighted by Crippen LogP contribution is 2.03. The number of carbonyl (C=O) groups excluding carboxylic acids is 1. The Bertz CT molecular complexity index is 317. The number of urea groups is 1. The minimum absolute atomic E-state index is 0.0142. The molecule has 0 spiro atoms. The molecule has 0 aromatic rings. The number of carboxylic acids is 1. The Morgan fingerprint density at radius 3 is 2.48 bits per heavy atom. The zero-order chi connectivity index (χ0) is 15.5. The van der Waals surface area contributed by atoms with E-state index in [1.165, 1.54) is 0 Å². The van der Waals surface area contributed by atoms with Crippen molar-refractivity contribution in [2.24, 2.45) is 0 Å². The van der Waals surface area contributed by atoms with E-state index in [9.17, 15) is 9.59 Å². The van der Waals surface area contributed by atoms with E-state index < -0.39 is 5.97 Å². The van der Waals surface area contributed by atoms with Crippen molar-refractivity contribution in [2.75, 3.05) is 53.0 Å². The van der Waals surface area contributed by atoms with Gasteiger partial charge in [-0.05, 0) is 19.3 Å². The number of piperazine rings is 1. The standard InChI is InChI=1S/C14H27N3O4/c1-21-12-4-2-3-6-15-14(20)17-10-8-16(9-11-17)7-5-13(18)19/h2-12H2,1H3,(H,15,20)(H,18,19). The summed E-state index contributed by atoms with van der Waals surface area (Å²) in [4.78, 5) is 26.3. The Hall–Kier alpha value is -1.34. The van der Waals surface area contributed by atoms with Gasteiger partial charge in [-0.3, -0.25) is 9.69 Å². The van der Waals surface area contributed by atoms with Gasteiger partial charge in [0.05, 0.1) is 6.42 Å². The van der Waals surface area contributed by atoms with Crippen molar-refractivity contribution in [1.82, 2.24) is 15.1 Å². The van der Waals surface area contributed by atoms with Crippen LogP contribution in [-0.4, -0.2) is 79.9 Å². The highest BCUT2D eigenvalue weighted by molar-refractivity contribution is 5.74. The summed E-state index contributed by atoms with van der Waals surface area (Å²) >= 11 is 0. The van der Waals surface area contributed by atoms with E-state index in [-0.39, 0.29) is 12.5 Å². The first-order valence-corrected chi connectivity index (χ1v) is 7.59. The monoisotopic (exact) mass is 301 g/mol. The molecule has 1 saturated heterocycles. The van der Waals surface area contributed by atoms with Gasteiger partial charge in [-0.1, -0.05) is 0 Å². The highest BCUT2D eigenvalue weighted by atomic mass is 16.5. The lowest BCUT2D eigenvalue weighted by atomic mass is 10.2. The normalized spacial score (nSPS) is 16.0. The van der Waals surface area contributed by atoms with Gasteiger partial charge in [0.15, 0.2) is 0 Å². The van der Waals surface area contributed by atoms with Crippen LogP contribution < -0.4 is 5.32 Å². The number of carbonyl (C=O) groups is 2. The van der Waals surface area contributed by atoms with E-state index in [0.29, 0.717) is 26.2 Å². The molecular weight excluding hydrogens is 274 g/mol. The minimum Gasteiger partial charge on any atom is -0.481 e. The number of methoxy groups -OCH3 is 1. The van der Waals surface area contributed by atoms with Crippen molar-refractivity contribution >= 4 is 12.0 Å². The molecule has 1 aliphatic rings. The molecule has 1 heterocycles. The smallest absolute Gasteiger partial charge is 0.317 e. The Labute approximate surface area is 126 Å². The fraction of sp³-hybridized carbons (Fsp3) is 0.857. The molecule has 0 bridgehead atoms. The van der Waals surface area contributed by atoms with Gasteiger partial charge in [-0.2, -0.15) is 0 Å². The quantitative estimate of drug-likeness (QED) is 0.610. The fourth-order valence-corrected chi connectivity index (χ4v) is 2.28. The SMILES string of the molecule is COCCCCCNC(=O)N1CCN(CCC(=O)O)CC1. The van der Waals surface area contributed by atoms with Crippen molar-refractivity contribution in [2.45, 2.75) is 25.7 Å². The molecule has 0 aromatic carbocycles. The molecule has 0 saturated carbocycles. The first-order chi connectivity index (χ1) is 10.1. The summed E-state index contributed by atoms with van der Waals surface area (Å²) in [6.45, 7) is 4.84. The Balaban J connectivity index is 2.07. The van der Waals surface area contributed by atoms with E-state index in [1.807, 2.05) is 0 Å². The lowest BCUT2D eigenvalue weighted by Crippen LogP contribution is -2.52. The van der Waals surface area contributed by atoms with Gasteiger partial charge >= 0.3 is 12.0 Å². The molecule has 7 nitrogen and oxygen atoms in total. The van der Waals surface area contributed by atoms with Crippen LogP contribution in [0, 0.1) is 0 Å². The number of hydrogen-bond donors (Lipinski definition) is 2. The summed E-state index contributed by atoms with van der Waals surface area (Å²) in [5, 5.41) is 11.6. The van der Waals surface area contributed by atoms with Gasteiger partial charge in [0, 0.05) is 53.0 Å². The molecule has 1 fully saturated rings. The van der Waals surface area contributed by atoms with E-state index in [2.05, 4.69) is 10.2 Å². The van der Waals surface area contributed by atoms with Crippen LogP contribution in [0.4, 0.5) is 4.79 Å². The molecule has 0 radical (unpaired) electrons. The van der Waals surface area contributed by atoms with Crippen molar-refractivity contribution in [3.63, 3.8) is 0 Å². The second-order valence-electron chi connectivity index (χ2n) is 5.26. The van der Waals surface area contributed by atoms with Gasteiger partial charge in [0.2, 0.25) is 0 Å². The fourth-order valence-electron chi connectivity index (χ4n) is 2.28.